The van der Waals surface area contributed by atoms with Crippen LogP contribution in [0.1, 0.15) is 43.7 Å². The predicted octanol–water partition coefficient (Wildman–Crippen LogP) is 5.27. The standard InChI is InChI=1S/C31H34N2O2/c1-2-32-27(23-25-15-10-12-19-29(25)32)17-7-4-3-5-8-18-28-24-26-16-11-13-20-30(26)33(28)22-14-6-9-21-31(34)35/h3-5,7-8,10-13,15-20H,2,6,9,14,21-24H2,1H3. The smallest absolute Gasteiger partial charge is 0.209 e. The number of allylic oxidation sites excluding steroid dienone is 8. The molecule has 2 aromatic rings. The number of likely N-dealkylation sites (N-methyl/N-ethyl adjacent to an activating group) is 1. The molecule has 0 spiro atoms. The van der Waals surface area contributed by atoms with E-state index in [-0.39, 0.29) is 6.42 Å². The quantitative estimate of drug-likeness (QED) is 0.257. The first-order valence-electron chi connectivity index (χ1n) is 12.6. The summed E-state index contributed by atoms with van der Waals surface area (Å²) in [5.41, 5.74) is 7.94. The number of carbonyl (C=O) groups excluding carboxylic acids is 1. The second kappa shape index (κ2) is 12.2. The molecular weight excluding hydrogens is 432 g/mol. The summed E-state index contributed by atoms with van der Waals surface area (Å²) in [6.45, 7) is 4.07. The highest BCUT2D eigenvalue weighted by molar-refractivity contribution is 5.96. The van der Waals surface area contributed by atoms with Gasteiger partial charge in [-0.1, -0.05) is 66.8 Å². The van der Waals surface area contributed by atoms with Gasteiger partial charge in [0, 0.05) is 54.4 Å². The van der Waals surface area contributed by atoms with Crippen LogP contribution in [0.5, 0.6) is 0 Å². The van der Waals surface area contributed by atoms with E-state index in [1.165, 1.54) is 33.9 Å². The summed E-state index contributed by atoms with van der Waals surface area (Å²) < 4.78 is 2.37. The second-order valence-corrected chi connectivity index (χ2v) is 8.97. The zero-order valence-electron chi connectivity index (χ0n) is 20.5. The highest BCUT2D eigenvalue weighted by Crippen LogP contribution is 2.33. The van der Waals surface area contributed by atoms with Crippen molar-refractivity contribution in [2.45, 2.75) is 45.4 Å². The van der Waals surface area contributed by atoms with Crippen LogP contribution in [-0.2, 0) is 17.6 Å². The fraction of sp³-hybridized carbons (Fsp3) is 0.290. The number of hydrogen-bond donors (Lipinski definition) is 0. The fourth-order valence-electron chi connectivity index (χ4n) is 4.91. The molecule has 4 rings (SSSR count). The zero-order chi connectivity index (χ0) is 24.5. The van der Waals surface area contributed by atoms with Crippen LogP contribution in [0.15, 0.2) is 96.8 Å². The molecule has 4 nitrogen and oxygen atoms in total. The number of rotatable bonds is 11. The number of hydrogen-bond acceptors (Lipinski definition) is 3. The van der Waals surface area contributed by atoms with Crippen LogP contribution in [0.25, 0.3) is 0 Å². The summed E-state index contributed by atoms with van der Waals surface area (Å²) in [6.07, 6.45) is 19.4. The monoisotopic (exact) mass is 466 g/mol. The topological polar surface area (TPSA) is 46.4 Å². The van der Waals surface area contributed by atoms with E-state index in [4.69, 9.17) is 0 Å². The molecule has 0 N–H and O–H groups in total. The van der Waals surface area contributed by atoms with Crippen molar-refractivity contribution in [2.24, 2.45) is 0 Å². The Balaban J connectivity index is 1.35. The van der Waals surface area contributed by atoms with E-state index in [1.54, 1.807) is 0 Å². The van der Waals surface area contributed by atoms with Crippen LogP contribution in [0.4, 0.5) is 11.4 Å². The van der Waals surface area contributed by atoms with Crippen molar-refractivity contribution in [2.75, 3.05) is 18.0 Å². The summed E-state index contributed by atoms with van der Waals surface area (Å²) in [4.78, 5) is 13.0. The first-order chi connectivity index (χ1) is 17.2. The van der Waals surface area contributed by atoms with E-state index in [2.05, 4.69) is 107 Å². The van der Waals surface area contributed by atoms with Crippen molar-refractivity contribution < 1.29 is 14.5 Å². The molecule has 0 saturated heterocycles. The molecule has 0 saturated carbocycles. The summed E-state index contributed by atoms with van der Waals surface area (Å²) in [5.74, 6) is -0.959. The lowest BCUT2D eigenvalue weighted by atomic mass is 10.1. The normalized spacial score (nSPS) is 16.4. The molecule has 35 heavy (non-hydrogen) atoms. The van der Waals surface area contributed by atoms with Crippen LogP contribution < -0.4 is 10.0 Å². The van der Waals surface area contributed by atoms with E-state index in [1.807, 2.05) is 0 Å². The number of anilines is 1. The van der Waals surface area contributed by atoms with Gasteiger partial charge < -0.3 is 14.8 Å². The average molecular weight is 467 g/mol. The number of nitrogens with zero attached hydrogens (tertiary/aromatic N) is 2. The highest BCUT2D eigenvalue weighted by atomic mass is 16.4. The van der Waals surface area contributed by atoms with E-state index >= 15 is 0 Å². The fourth-order valence-corrected chi connectivity index (χ4v) is 4.91. The Hall–Kier alpha value is -3.66. The maximum atomic E-state index is 10.6. The van der Waals surface area contributed by atoms with Crippen molar-refractivity contribution >= 4 is 23.1 Å². The molecule has 2 heterocycles. The molecule has 0 bridgehead atoms. The summed E-state index contributed by atoms with van der Waals surface area (Å²) in [7, 11) is 0. The number of carbonyl (C=O) groups is 1. The lowest BCUT2D eigenvalue weighted by Gasteiger charge is -2.18. The molecule has 0 aromatic heterocycles. The number of carboxylic acids is 1. The first kappa shape index (κ1) is 24.5. The largest absolute Gasteiger partial charge is 0.550 e. The molecule has 2 aliphatic heterocycles. The number of unbranched alkanes of at least 4 members (excludes halogenated alkanes) is 2. The Labute approximate surface area is 208 Å². The molecule has 0 unspecified atom stereocenters. The van der Waals surface area contributed by atoms with Crippen molar-refractivity contribution in [3.63, 3.8) is 0 Å². The van der Waals surface area contributed by atoms with Crippen LogP contribution >= 0.6 is 0 Å². The van der Waals surface area contributed by atoms with Gasteiger partial charge in [0.1, 0.15) is 6.54 Å². The number of para-hydroxylation sites is 2. The van der Waals surface area contributed by atoms with Crippen LogP contribution in [0, 0.1) is 0 Å². The zero-order valence-corrected chi connectivity index (χ0v) is 20.5. The Morgan fingerprint density at radius 2 is 1.66 bits per heavy atom. The third-order valence-electron chi connectivity index (χ3n) is 6.60. The molecule has 180 valence electrons. The maximum Gasteiger partial charge on any atom is 0.209 e. The van der Waals surface area contributed by atoms with Gasteiger partial charge in [-0.25, -0.2) is 0 Å². The minimum Gasteiger partial charge on any atom is -0.550 e. The van der Waals surface area contributed by atoms with Gasteiger partial charge in [0.2, 0.25) is 5.69 Å². The van der Waals surface area contributed by atoms with E-state index in [0.717, 1.165) is 38.8 Å². The van der Waals surface area contributed by atoms with Gasteiger partial charge in [0.25, 0.3) is 0 Å². The molecule has 4 heteroatoms. The highest BCUT2D eigenvalue weighted by Gasteiger charge is 2.27. The van der Waals surface area contributed by atoms with Gasteiger partial charge in [0.15, 0.2) is 5.71 Å². The lowest BCUT2D eigenvalue weighted by Crippen LogP contribution is -2.21. The molecule has 2 aromatic carbocycles. The number of fused-ring (bicyclic) bond motifs is 2. The van der Waals surface area contributed by atoms with Crippen LogP contribution in [0.2, 0.25) is 0 Å². The molecule has 0 radical (unpaired) electrons. The van der Waals surface area contributed by atoms with Gasteiger partial charge in [-0.3, -0.25) is 0 Å². The predicted molar refractivity (Wildman–Crippen MR) is 142 cm³/mol. The summed E-state index contributed by atoms with van der Waals surface area (Å²) in [6, 6.07) is 17.2. The number of benzene rings is 2. The minimum atomic E-state index is -0.959. The summed E-state index contributed by atoms with van der Waals surface area (Å²) in [5, 5.41) is 10.6. The molecule has 0 amide bonds. The van der Waals surface area contributed by atoms with Gasteiger partial charge in [-0.05, 0) is 43.9 Å². The van der Waals surface area contributed by atoms with E-state index in [9.17, 15) is 9.90 Å². The van der Waals surface area contributed by atoms with Gasteiger partial charge in [-0.2, -0.15) is 4.58 Å². The molecule has 0 aliphatic carbocycles. The SMILES string of the molecule is CCN1\C(=C/C=C/C=C/C=C/C2=[N+](CCCCCC(=O)[O-])c3ccccc3C2)Cc2ccccc21. The lowest BCUT2D eigenvalue weighted by molar-refractivity contribution is -0.437. The third-order valence-corrected chi connectivity index (χ3v) is 6.60. The first-order valence-corrected chi connectivity index (χ1v) is 12.6. The molecule has 0 atom stereocenters. The van der Waals surface area contributed by atoms with E-state index in [0.29, 0.717) is 6.42 Å². The molecule has 2 aliphatic rings. The summed E-state index contributed by atoms with van der Waals surface area (Å²) >= 11 is 0. The van der Waals surface area contributed by atoms with Crippen LogP contribution in [-0.4, -0.2) is 29.3 Å². The second-order valence-electron chi connectivity index (χ2n) is 8.97. The maximum absolute atomic E-state index is 10.6. The minimum absolute atomic E-state index is 0.144. The van der Waals surface area contributed by atoms with Crippen molar-refractivity contribution in [1.29, 1.82) is 0 Å². The van der Waals surface area contributed by atoms with Gasteiger partial charge >= 0.3 is 0 Å². The van der Waals surface area contributed by atoms with E-state index < -0.39 is 5.97 Å². The Morgan fingerprint density at radius 1 is 0.914 bits per heavy atom. The number of carboxylic acid groups (broad SMARTS) is 1. The van der Waals surface area contributed by atoms with Crippen molar-refractivity contribution in [3.8, 4) is 0 Å². The van der Waals surface area contributed by atoms with Crippen molar-refractivity contribution in [1.82, 2.24) is 0 Å². The Bertz CT molecular complexity index is 1200. The average Bonchev–Trinajstić information content (AvgIpc) is 3.40. The molecule has 0 fully saturated rings. The van der Waals surface area contributed by atoms with Crippen molar-refractivity contribution in [3.05, 3.63) is 108 Å². The van der Waals surface area contributed by atoms with Gasteiger partial charge in [-0.15, -0.1) is 0 Å². The van der Waals surface area contributed by atoms with Crippen LogP contribution in [0.3, 0.4) is 0 Å². The molecular formula is C31H34N2O2. The third kappa shape index (κ3) is 6.27. The van der Waals surface area contributed by atoms with Gasteiger partial charge in [0.05, 0.1) is 6.42 Å². The Kier molecular flexibility index (Phi) is 8.50. The number of aliphatic carboxylic acids is 1. The Morgan fingerprint density at radius 3 is 2.49 bits per heavy atom.